The van der Waals surface area contributed by atoms with Gasteiger partial charge in [-0.05, 0) is 59.6 Å². The van der Waals surface area contributed by atoms with Gasteiger partial charge >= 0.3 is 0 Å². The maximum atomic E-state index is 12.1. The molecule has 0 aliphatic heterocycles. The molecular weight excluding hydrogens is 310 g/mol. The Morgan fingerprint density at radius 1 is 1.47 bits per heavy atom. The van der Waals surface area contributed by atoms with E-state index in [1.165, 1.54) is 0 Å². The summed E-state index contributed by atoms with van der Waals surface area (Å²) in [6.07, 6.45) is 1.55. The molecule has 2 rings (SSSR count). The van der Waals surface area contributed by atoms with E-state index >= 15 is 0 Å². The maximum Gasteiger partial charge on any atom is 0.255 e. The molecule has 0 saturated carbocycles. The maximum absolute atomic E-state index is 12.1. The number of hydrogen-bond acceptors (Lipinski definition) is 3. The number of furan rings is 1. The number of halogens is 1. The van der Waals surface area contributed by atoms with Crippen LogP contribution in [-0.4, -0.2) is 11.0 Å². The number of phenolic OH excluding ortho intramolecular Hbond substituents is 1. The summed E-state index contributed by atoms with van der Waals surface area (Å²) in [4.78, 5) is 12.1. The van der Waals surface area contributed by atoms with Crippen LogP contribution in [0.1, 0.15) is 34.6 Å². The van der Waals surface area contributed by atoms with E-state index in [9.17, 15) is 9.90 Å². The highest BCUT2D eigenvalue weighted by Gasteiger charge is 2.18. The molecular formula is C14H14BrNO3. The van der Waals surface area contributed by atoms with Crippen LogP contribution in [0.2, 0.25) is 0 Å². The van der Waals surface area contributed by atoms with Gasteiger partial charge in [0, 0.05) is 0 Å². The van der Waals surface area contributed by atoms with Crippen molar-refractivity contribution in [3.05, 3.63) is 51.9 Å². The van der Waals surface area contributed by atoms with E-state index in [4.69, 9.17) is 4.42 Å². The minimum atomic E-state index is -0.342. The molecule has 0 saturated heterocycles. The molecule has 0 aliphatic rings. The zero-order chi connectivity index (χ0) is 14.0. The first kappa shape index (κ1) is 13.7. The lowest BCUT2D eigenvalue weighted by Gasteiger charge is -2.13. The Labute approximate surface area is 119 Å². The van der Waals surface area contributed by atoms with Crippen molar-refractivity contribution >= 4 is 21.8 Å². The summed E-state index contributed by atoms with van der Waals surface area (Å²) in [7, 11) is 0. The lowest BCUT2D eigenvalue weighted by Crippen LogP contribution is -2.26. The van der Waals surface area contributed by atoms with Crippen molar-refractivity contribution in [1.29, 1.82) is 0 Å². The highest BCUT2D eigenvalue weighted by atomic mass is 79.9. The number of benzene rings is 1. The zero-order valence-corrected chi connectivity index (χ0v) is 12.2. The molecule has 100 valence electrons. The van der Waals surface area contributed by atoms with E-state index in [1.54, 1.807) is 30.5 Å². The van der Waals surface area contributed by atoms with Crippen LogP contribution in [0.4, 0.5) is 0 Å². The Morgan fingerprint density at radius 3 is 2.84 bits per heavy atom. The first-order valence-corrected chi connectivity index (χ1v) is 6.61. The summed E-state index contributed by atoms with van der Waals surface area (Å²) in [5, 5.41) is 12.7. The molecule has 2 aromatic rings. The number of carbonyl (C=O) groups is 1. The zero-order valence-electron chi connectivity index (χ0n) is 10.6. The normalized spacial score (nSPS) is 12.2. The highest BCUT2D eigenvalue weighted by molar-refractivity contribution is 9.10. The molecule has 1 heterocycles. The second kappa shape index (κ2) is 5.48. The Kier molecular flexibility index (Phi) is 3.95. The fraction of sp³-hybridized carbons (Fsp3) is 0.214. The Balaban J connectivity index is 2.21. The molecule has 0 fully saturated rings. The van der Waals surface area contributed by atoms with Crippen LogP contribution in [0.5, 0.6) is 5.75 Å². The number of rotatable bonds is 3. The third kappa shape index (κ3) is 2.98. The summed E-state index contributed by atoms with van der Waals surface area (Å²) >= 11 is 3.22. The van der Waals surface area contributed by atoms with Crippen molar-refractivity contribution < 1.29 is 14.3 Å². The number of aromatic hydroxyl groups is 1. The molecule has 0 radical (unpaired) electrons. The molecule has 1 aromatic heterocycles. The molecule has 1 unspecified atom stereocenters. The van der Waals surface area contributed by atoms with Gasteiger partial charge in [0.15, 0.2) is 0 Å². The van der Waals surface area contributed by atoms with Gasteiger partial charge in [-0.1, -0.05) is 0 Å². The Bertz CT molecular complexity index is 593. The average Bonchev–Trinajstić information content (AvgIpc) is 2.87. The van der Waals surface area contributed by atoms with Gasteiger partial charge in [-0.2, -0.15) is 0 Å². The molecule has 5 heteroatoms. The smallest absolute Gasteiger partial charge is 0.255 e. The monoisotopic (exact) mass is 323 g/mol. The second-order valence-corrected chi connectivity index (χ2v) is 5.21. The van der Waals surface area contributed by atoms with Gasteiger partial charge in [-0.3, -0.25) is 4.79 Å². The van der Waals surface area contributed by atoms with Crippen LogP contribution >= 0.6 is 15.9 Å². The predicted molar refractivity (Wildman–Crippen MR) is 75.1 cm³/mol. The predicted octanol–water partition coefficient (Wildman–Crippen LogP) is 3.55. The van der Waals surface area contributed by atoms with E-state index in [1.807, 2.05) is 13.8 Å². The fourth-order valence-corrected chi connectivity index (χ4v) is 2.37. The quantitative estimate of drug-likeness (QED) is 0.908. The second-order valence-electron chi connectivity index (χ2n) is 4.35. The number of amides is 1. The summed E-state index contributed by atoms with van der Waals surface area (Å²) < 4.78 is 5.73. The van der Waals surface area contributed by atoms with Crippen LogP contribution in [0.15, 0.2) is 39.4 Å². The third-order valence-corrected chi connectivity index (χ3v) is 3.37. The average molecular weight is 324 g/mol. The summed E-state index contributed by atoms with van der Waals surface area (Å²) in [5.41, 5.74) is 1.13. The van der Waals surface area contributed by atoms with Gasteiger partial charge in [-0.15, -0.1) is 0 Å². The fourth-order valence-electron chi connectivity index (χ4n) is 1.79. The number of hydrogen-bond donors (Lipinski definition) is 2. The minimum absolute atomic E-state index is 0.0604. The largest absolute Gasteiger partial charge is 0.506 e. The number of phenols is 1. The van der Waals surface area contributed by atoms with Crippen molar-refractivity contribution in [3.8, 4) is 5.75 Å². The molecule has 0 spiro atoms. The van der Waals surface area contributed by atoms with Crippen molar-refractivity contribution in [1.82, 2.24) is 5.32 Å². The molecule has 0 aliphatic carbocycles. The standard InChI is InChI=1S/C14H14BrNO3/c1-8-6-10(13(17)11(15)7-8)14(18)16-9(2)12-4-3-5-19-12/h3-7,9,17H,1-2H3,(H,16,18). The summed E-state index contributed by atoms with van der Waals surface area (Å²) in [6.45, 7) is 3.68. The van der Waals surface area contributed by atoms with E-state index < -0.39 is 0 Å². The summed E-state index contributed by atoms with van der Waals surface area (Å²) in [6, 6.07) is 6.68. The van der Waals surface area contributed by atoms with Gasteiger partial charge in [0.25, 0.3) is 5.91 Å². The van der Waals surface area contributed by atoms with Crippen LogP contribution in [0, 0.1) is 6.92 Å². The van der Waals surface area contributed by atoms with Crippen molar-refractivity contribution in [2.24, 2.45) is 0 Å². The first-order chi connectivity index (χ1) is 8.99. The van der Waals surface area contributed by atoms with Crippen molar-refractivity contribution in [2.75, 3.05) is 0 Å². The van der Waals surface area contributed by atoms with Crippen LogP contribution < -0.4 is 5.32 Å². The number of carbonyl (C=O) groups excluding carboxylic acids is 1. The lowest BCUT2D eigenvalue weighted by atomic mass is 10.1. The van der Waals surface area contributed by atoms with Crippen LogP contribution in [-0.2, 0) is 0 Å². The van der Waals surface area contributed by atoms with Gasteiger partial charge in [0.1, 0.15) is 11.5 Å². The molecule has 1 amide bonds. The van der Waals surface area contributed by atoms with E-state index in [2.05, 4.69) is 21.2 Å². The Hall–Kier alpha value is -1.75. The first-order valence-electron chi connectivity index (χ1n) is 5.82. The van der Waals surface area contributed by atoms with Gasteiger partial charge in [0.05, 0.1) is 22.3 Å². The molecule has 2 N–H and O–H groups in total. The third-order valence-electron chi connectivity index (χ3n) is 2.77. The van der Waals surface area contributed by atoms with E-state index in [0.29, 0.717) is 10.2 Å². The SMILES string of the molecule is Cc1cc(Br)c(O)c(C(=O)NC(C)c2ccco2)c1. The molecule has 1 atom stereocenters. The summed E-state index contributed by atoms with van der Waals surface area (Å²) in [5.74, 6) is 0.264. The molecule has 1 aromatic carbocycles. The number of aryl methyl sites for hydroxylation is 1. The van der Waals surface area contributed by atoms with Crippen LogP contribution in [0.25, 0.3) is 0 Å². The van der Waals surface area contributed by atoms with Gasteiger partial charge in [0.2, 0.25) is 0 Å². The molecule has 0 bridgehead atoms. The lowest BCUT2D eigenvalue weighted by molar-refractivity contribution is 0.0932. The number of nitrogens with one attached hydrogen (secondary N) is 1. The van der Waals surface area contributed by atoms with Crippen LogP contribution in [0.3, 0.4) is 0 Å². The molecule has 19 heavy (non-hydrogen) atoms. The minimum Gasteiger partial charge on any atom is -0.506 e. The Morgan fingerprint density at radius 2 is 2.21 bits per heavy atom. The van der Waals surface area contributed by atoms with Crippen molar-refractivity contribution in [3.63, 3.8) is 0 Å². The van der Waals surface area contributed by atoms with Crippen molar-refractivity contribution in [2.45, 2.75) is 19.9 Å². The van der Waals surface area contributed by atoms with Gasteiger partial charge in [-0.25, -0.2) is 0 Å². The topological polar surface area (TPSA) is 62.5 Å². The van der Waals surface area contributed by atoms with Gasteiger partial charge < -0.3 is 14.8 Å². The molecule has 4 nitrogen and oxygen atoms in total. The highest BCUT2D eigenvalue weighted by Crippen LogP contribution is 2.29. The van der Waals surface area contributed by atoms with E-state index in [-0.39, 0.29) is 23.3 Å². The van der Waals surface area contributed by atoms with E-state index in [0.717, 1.165) is 5.56 Å².